The maximum absolute atomic E-state index is 11.3. The van der Waals surface area contributed by atoms with E-state index in [-0.39, 0.29) is 12.1 Å². The Kier molecular flexibility index (Phi) is 5.56. The summed E-state index contributed by atoms with van der Waals surface area (Å²) in [6.45, 7) is 3.42. The van der Waals surface area contributed by atoms with Crippen LogP contribution in [0.25, 0.3) is 0 Å². The van der Waals surface area contributed by atoms with Crippen molar-refractivity contribution in [1.29, 1.82) is 0 Å². The van der Waals surface area contributed by atoms with Crippen LogP contribution in [-0.4, -0.2) is 38.1 Å². The second-order valence-electron chi connectivity index (χ2n) is 4.06. The Hall–Kier alpha value is -1.49. The first-order valence-electron chi connectivity index (χ1n) is 5.87. The zero-order valence-electron chi connectivity index (χ0n) is 10.7. The third-order valence-electron chi connectivity index (χ3n) is 2.49. The van der Waals surface area contributed by atoms with Gasteiger partial charge in [-0.05, 0) is 18.6 Å². The van der Waals surface area contributed by atoms with Crippen LogP contribution in [0.5, 0.6) is 0 Å². The number of nitrogens with one attached hydrogen (secondary N) is 2. The number of amides is 2. The van der Waals surface area contributed by atoms with Crippen molar-refractivity contribution < 1.29 is 9.21 Å². The van der Waals surface area contributed by atoms with Crippen molar-refractivity contribution >= 4 is 6.03 Å². The van der Waals surface area contributed by atoms with Crippen molar-refractivity contribution in [1.82, 2.24) is 15.5 Å². The first kappa shape index (κ1) is 13.6. The Morgan fingerprint density at radius 3 is 2.76 bits per heavy atom. The molecule has 0 radical (unpaired) electrons. The second-order valence-corrected chi connectivity index (χ2v) is 4.06. The summed E-state index contributed by atoms with van der Waals surface area (Å²) >= 11 is 0. The summed E-state index contributed by atoms with van der Waals surface area (Å²) in [6, 6.07) is 3.98. The smallest absolute Gasteiger partial charge is 0.316 e. The first-order valence-corrected chi connectivity index (χ1v) is 5.87. The lowest BCUT2D eigenvalue weighted by molar-refractivity contribution is 0.217. The molecule has 2 N–H and O–H groups in total. The van der Waals surface area contributed by atoms with Crippen molar-refractivity contribution in [2.24, 2.45) is 0 Å². The van der Waals surface area contributed by atoms with E-state index in [2.05, 4.69) is 17.6 Å². The van der Waals surface area contributed by atoms with Crippen LogP contribution in [0.3, 0.4) is 0 Å². The minimum atomic E-state index is -0.0714. The Bertz CT molecular complexity index is 323. The van der Waals surface area contributed by atoms with Gasteiger partial charge in [0.1, 0.15) is 5.76 Å². The molecule has 2 amide bonds. The van der Waals surface area contributed by atoms with E-state index in [0.29, 0.717) is 6.54 Å². The lowest BCUT2D eigenvalue weighted by Gasteiger charge is -2.16. The predicted molar refractivity (Wildman–Crippen MR) is 66.8 cm³/mol. The fraction of sp³-hybridized carbons (Fsp3) is 0.583. The highest BCUT2D eigenvalue weighted by Crippen LogP contribution is 2.15. The molecule has 0 saturated heterocycles. The largest absolute Gasteiger partial charge is 0.468 e. The molecule has 1 heterocycles. The molecule has 5 heteroatoms. The zero-order chi connectivity index (χ0) is 12.7. The van der Waals surface area contributed by atoms with Gasteiger partial charge in [-0.3, -0.25) is 0 Å². The number of nitrogens with zero attached hydrogens (tertiary/aromatic N) is 1. The summed E-state index contributed by atoms with van der Waals surface area (Å²) in [4.78, 5) is 12.8. The number of carbonyl (C=O) groups is 1. The fourth-order valence-electron chi connectivity index (χ4n) is 1.51. The van der Waals surface area contributed by atoms with Gasteiger partial charge in [-0.2, -0.15) is 0 Å². The minimum Gasteiger partial charge on any atom is -0.468 e. The van der Waals surface area contributed by atoms with Crippen LogP contribution >= 0.6 is 0 Å². The molecule has 1 rings (SSSR count). The summed E-state index contributed by atoms with van der Waals surface area (Å²) in [5, 5.41) is 6.14. The quantitative estimate of drug-likeness (QED) is 0.741. The molecule has 1 aromatic rings. The molecule has 0 aromatic carbocycles. The number of hydrogen-bond acceptors (Lipinski definition) is 3. The molecule has 0 bridgehead atoms. The molecule has 0 aliphatic rings. The number of urea groups is 1. The van der Waals surface area contributed by atoms with Crippen LogP contribution in [0.1, 0.15) is 25.1 Å². The highest BCUT2D eigenvalue weighted by molar-refractivity contribution is 5.73. The Labute approximate surface area is 102 Å². The molecule has 0 fully saturated rings. The van der Waals surface area contributed by atoms with Gasteiger partial charge in [-0.15, -0.1) is 0 Å². The van der Waals surface area contributed by atoms with E-state index in [1.54, 1.807) is 20.4 Å². The molecule has 0 aliphatic heterocycles. The maximum Gasteiger partial charge on any atom is 0.316 e. The van der Waals surface area contributed by atoms with Crippen LogP contribution in [-0.2, 0) is 0 Å². The highest BCUT2D eigenvalue weighted by Gasteiger charge is 2.10. The predicted octanol–water partition coefficient (Wildman–Crippen LogP) is 1.59. The zero-order valence-corrected chi connectivity index (χ0v) is 10.7. The van der Waals surface area contributed by atoms with Gasteiger partial charge in [0.25, 0.3) is 0 Å². The monoisotopic (exact) mass is 239 g/mol. The first-order chi connectivity index (χ1) is 8.15. The van der Waals surface area contributed by atoms with Crippen LogP contribution in [0.15, 0.2) is 22.8 Å². The molecular formula is C12H21N3O2. The number of carbonyl (C=O) groups excluding carboxylic acids is 1. The van der Waals surface area contributed by atoms with Gasteiger partial charge in [0, 0.05) is 27.2 Å². The normalized spacial score (nSPS) is 12.2. The van der Waals surface area contributed by atoms with Crippen LogP contribution < -0.4 is 10.6 Å². The molecule has 5 nitrogen and oxygen atoms in total. The van der Waals surface area contributed by atoms with Crippen LogP contribution in [0.4, 0.5) is 4.79 Å². The van der Waals surface area contributed by atoms with Gasteiger partial charge in [0.15, 0.2) is 0 Å². The van der Waals surface area contributed by atoms with Gasteiger partial charge < -0.3 is 20.0 Å². The number of rotatable bonds is 6. The third-order valence-corrected chi connectivity index (χ3v) is 2.49. The van der Waals surface area contributed by atoms with Gasteiger partial charge in [-0.25, -0.2) is 4.79 Å². The Balaban J connectivity index is 2.23. The van der Waals surface area contributed by atoms with Gasteiger partial charge in [-0.1, -0.05) is 6.92 Å². The Morgan fingerprint density at radius 2 is 2.24 bits per heavy atom. The fourth-order valence-corrected chi connectivity index (χ4v) is 1.51. The van der Waals surface area contributed by atoms with E-state index in [9.17, 15) is 4.79 Å². The SMILES string of the molecule is CCC(NCCNC(=O)N(C)C)c1ccco1. The molecule has 1 aromatic heterocycles. The topological polar surface area (TPSA) is 57.5 Å². The van der Waals surface area contributed by atoms with E-state index < -0.39 is 0 Å². The Morgan fingerprint density at radius 1 is 1.47 bits per heavy atom. The van der Waals surface area contributed by atoms with Crippen LogP contribution in [0, 0.1) is 0 Å². The van der Waals surface area contributed by atoms with E-state index in [4.69, 9.17) is 4.42 Å². The van der Waals surface area contributed by atoms with Gasteiger partial charge in [0.2, 0.25) is 0 Å². The summed E-state index contributed by atoms with van der Waals surface area (Å²) < 4.78 is 5.34. The summed E-state index contributed by atoms with van der Waals surface area (Å²) in [5.41, 5.74) is 0. The standard InChI is InChI=1S/C12H21N3O2/c1-4-10(11-6-5-9-17-11)13-7-8-14-12(16)15(2)3/h5-6,9-10,13H,4,7-8H2,1-3H3,(H,14,16). The highest BCUT2D eigenvalue weighted by atomic mass is 16.3. The summed E-state index contributed by atoms with van der Waals surface area (Å²) in [6.07, 6.45) is 2.63. The van der Waals surface area contributed by atoms with Gasteiger partial charge >= 0.3 is 6.03 Å². The number of furan rings is 1. The minimum absolute atomic E-state index is 0.0714. The van der Waals surface area contributed by atoms with E-state index >= 15 is 0 Å². The molecule has 96 valence electrons. The second kappa shape index (κ2) is 6.96. The average molecular weight is 239 g/mol. The van der Waals surface area contributed by atoms with Crippen molar-refractivity contribution in [3.8, 4) is 0 Å². The molecular weight excluding hydrogens is 218 g/mol. The molecule has 1 unspecified atom stereocenters. The maximum atomic E-state index is 11.3. The van der Waals surface area contributed by atoms with Crippen LogP contribution in [0.2, 0.25) is 0 Å². The van der Waals surface area contributed by atoms with Crippen molar-refractivity contribution in [3.05, 3.63) is 24.2 Å². The lowest BCUT2D eigenvalue weighted by atomic mass is 10.2. The van der Waals surface area contributed by atoms with Crippen molar-refractivity contribution in [3.63, 3.8) is 0 Å². The molecule has 0 aliphatic carbocycles. The summed E-state index contributed by atoms with van der Waals surface area (Å²) in [7, 11) is 3.45. The molecule has 0 saturated carbocycles. The third kappa shape index (κ3) is 4.48. The summed E-state index contributed by atoms with van der Waals surface area (Å²) in [5.74, 6) is 0.937. The van der Waals surface area contributed by atoms with Crippen molar-refractivity contribution in [2.45, 2.75) is 19.4 Å². The van der Waals surface area contributed by atoms with E-state index in [1.807, 2.05) is 12.1 Å². The molecule has 1 atom stereocenters. The average Bonchev–Trinajstić information content (AvgIpc) is 2.82. The molecule has 0 spiro atoms. The van der Waals surface area contributed by atoms with E-state index in [0.717, 1.165) is 18.7 Å². The van der Waals surface area contributed by atoms with Gasteiger partial charge in [0.05, 0.1) is 12.3 Å². The molecule has 17 heavy (non-hydrogen) atoms. The lowest BCUT2D eigenvalue weighted by Crippen LogP contribution is -2.39. The number of hydrogen-bond donors (Lipinski definition) is 2. The van der Waals surface area contributed by atoms with E-state index in [1.165, 1.54) is 4.90 Å². The van der Waals surface area contributed by atoms with Crippen molar-refractivity contribution in [2.75, 3.05) is 27.2 Å².